The minimum absolute atomic E-state index is 0.207. The summed E-state index contributed by atoms with van der Waals surface area (Å²) < 4.78 is 0. The van der Waals surface area contributed by atoms with Crippen molar-refractivity contribution in [1.29, 1.82) is 0 Å². The van der Waals surface area contributed by atoms with Crippen molar-refractivity contribution >= 4 is 5.91 Å². The van der Waals surface area contributed by atoms with Crippen LogP contribution in [0.1, 0.15) is 63.0 Å². The molecule has 4 nitrogen and oxygen atoms in total. The molecule has 1 N–H and O–H groups in total. The van der Waals surface area contributed by atoms with Crippen molar-refractivity contribution in [3.05, 3.63) is 35.4 Å². The molecule has 1 aliphatic carbocycles. The van der Waals surface area contributed by atoms with E-state index in [-0.39, 0.29) is 5.91 Å². The van der Waals surface area contributed by atoms with Crippen molar-refractivity contribution in [3.63, 3.8) is 0 Å². The molecule has 0 radical (unpaired) electrons. The quantitative estimate of drug-likeness (QED) is 0.670. The molecular formula is C26H41N3O. The van der Waals surface area contributed by atoms with E-state index in [4.69, 9.17) is 0 Å². The first kappa shape index (κ1) is 21.8. The number of carbonyl (C=O) groups is 1. The smallest absolute Gasteiger partial charge is 0.220 e. The van der Waals surface area contributed by atoms with Gasteiger partial charge in [0.2, 0.25) is 5.91 Å². The minimum atomic E-state index is 0.207. The van der Waals surface area contributed by atoms with E-state index in [1.54, 1.807) is 0 Å². The fraction of sp³-hybridized carbons (Fsp3) is 0.731. The summed E-state index contributed by atoms with van der Waals surface area (Å²) in [6.45, 7) is 9.52. The highest BCUT2D eigenvalue weighted by Crippen LogP contribution is 2.28. The number of carbonyl (C=O) groups excluding carboxylic acids is 1. The highest BCUT2D eigenvalue weighted by atomic mass is 16.1. The molecule has 2 heterocycles. The lowest BCUT2D eigenvalue weighted by molar-refractivity contribution is -0.121. The topological polar surface area (TPSA) is 35.6 Å². The molecule has 1 saturated carbocycles. The van der Waals surface area contributed by atoms with Crippen LogP contribution in [0.5, 0.6) is 0 Å². The molecule has 0 unspecified atom stereocenters. The number of amides is 1. The molecule has 30 heavy (non-hydrogen) atoms. The third-order valence-electron chi connectivity index (χ3n) is 7.64. The van der Waals surface area contributed by atoms with Gasteiger partial charge in [0, 0.05) is 19.0 Å². The maximum Gasteiger partial charge on any atom is 0.220 e. The van der Waals surface area contributed by atoms with Crippen LogP contribution >= 0.6 is 0 Å². The fourth-order valence-electron chi connectivity index (χ4n) is 5.22. The van der Waals surface area contributed by atoms with Gasteiger partial charge in [0.15, 0.2) is 0 Å². The third-order valence-corrected chi connectivity index (χ3v) is 7.64. The van der Waals surface area contributed by atoms with Gasteiger partial charge in [-0.25, -0.2) is 0 Å². The lowest BCUT2D eigenvalue weighted by Gasteiger charge is -2.41. The maximum absolute atomic E-state index is 11.9. The van der Waals surface area contributed by atoms with E-state index in [9.17, 15) is 4.79 Å². The van der Waals surface area contributed by atoms with Crippen LogP contribution < -0.4 is 5.32 Å². The zero-order chi connectivity index (χ0) is 20.8. The lowest BCUT2D eigenvalue weighted by atomic mass is 9.88. The van der Waals surface area contributed by atoms with Gasteiger partial charge < -0.3 is 15.1 Å². The molecule has 4 rings (SSSR count). The van der Waals surface area contributed by atoms with E-state index in [1.807, 2.05) is 0 Å². The van der Waals surface area contributed by atoms with Crippen molar-refractivity contribution < 1.29 is 4.79 Å². The van der Waals surface area contributed by atoms with Crippen molar-refractivity contribution in [2.45, 2.75) is 70.8 Å². The molecule has 4 heteroatoms. The summed E-state index contributed by atoms with van der Waals surface area (Å²) in [5, 5.41) is 3.07. The van der Waals surface area contributed by atoms with E-state index in [0.717, 1.165) is 30.8 Å². The summed E-state index contributed by atoms with van der Waals surface area (Å²) in [6, 6.07) is 9.89. The zero-order valence-electron chi connectivity index (χ0n) is 19.0. The highest BCUT2D eigenvalue weighted by molar-refractivity contribution is 5.76. The Morgan fingerprint density at radius 3 is 2.20 bits per heavy atom. The van der Waals surface area contributed by atoms with Crippen LogP contribution in [0.15, 0.2) is 24.3 Å². The Morgan fingerprint density at radius 2 is 1.57 bits per heavy atom. The van der Waals surface area contributed by atoms with Crippen molar-refractivity contribution in [2.24, 2.45) is 11.8 Å². The number of hydrogen-bond acceptors (Lipinski definition) is 3. The van der Waals surface area contributed by atoms with Gasteiger partial charge in [-0.05, 0) is 107 Å². The van der Waals surface area contributed by atoms with E-state index >= 15 is 0 Å². The molecule has 2 aliphatic heterocycles. The molecule has 0 aromatic heterocycles. The second-order valence-electron chi connectivity index (χ2n) is 9.91. The summed E-state index contributed by atoms with van der Waals surface area (Å²) in [4.78, 5) is 17.3. The van der Waals surface area contributed by atoms with E-state index < -0.39 is 0 Å². The van der Waals surface area contributed by atoms with E-state index in [0.29, 0.717) is 6.42 Å². The lowest BCUT2D eigenvalue weighted by Crippen LogP contribution is -2.47. The molecule has 1 aromatic carbocycles. The van der Waals surface area contributed by atoms with E-state index in [2.05, 4.69) is 46.3 Å². The van der Waals surface area contributed by atoms with Gasteiger partial charge in [-0.3, -0.25) is 4.79 Å². The Hall–Kier alpha value is -1.39. The molecule has 1 amide bonds. The average molecular weight is 412 g/mol. The van der Waals surface area contributed by atoms with Gasteiger partial charge in [-0.1, -0.05) is 31.2 Å². The average Bonchev–Trinajstić information content (AvgIpc) is 3.62. The van der Waals surface area contributed by atoms with Crippen molar-refractivity contribution in [2.75, 3.05) is 39.3 Å². The molecule has 1 aromatic rings. The second-order valence-corrected chi connectivity index (χ2v) is 9.91. The molecule has 3 aliphatic rings. The molecular weight excluding hydrogens is 370 g/mol. The third kappa shape index (κ3) is 6.55. The fourth-order valence-corrected chi connectivity index (χ4v) is 5.22. The number of likely N-dealkylation sites (tertiary alicyclic amines) is 2. The van der Waals surface area contributed by atoms with Gasteiger partial charge >= 0.3 is 0 Å². The number of nitrogens with zero attached hydrogens (tertiary/aromatic N) is 2. The summed E-state index contributed by atoms with van der Waals surface area (Å²) in [6.07, 6.45) is 10.7. The van der Waals surface area contributed by atoms with E-state index in [1.165, 1.54) is 88.8 Å². The Kier molecular flexibility index (Phi) is 7.83. The van der Waals surface area contributed by atoms with Gasteiger partial charge in [-0.2, -0.15) is 0 Å². The number of rotatable bonds is 9. The standard InChI is InChI=1S/C26H41N3O/c1-2-28-15-13-25(14-16-28)29-17-11-23(12-18-29)19-22-5-3-21(4-6-22)9-10-26(30)27-20-24-7-8-24/h3-6,23-25H,2,7-20H2,1H3,(H,27,30). The zero-order valence-corrected chi connectivity index (χ0v) is 19.0. The number of benzene rings is 1. The normalized spacial score (nSPS) is 22.3. The van der Waals surface area contributed by atoms with Gasteiger partial charge in [0.1, 0.15) is 0 Å². The predicted molar refractivity (Wildman–Crippen MR) is 124 cm³/mol. The molecule has 0 atom stereocenters. The Balaban J connectivity index is 1.14. The molecule has 0 bridgehead atoms. The van der Waals surface area contributed by atoms with Crippen LogP contribution in [0.4, 0.5) is 0 Å². The summed E-state index contributed by atoms with van der Waals surface area (Å²) >= 11 is 0. The van der Waals surface area contributed by atoms with Gasteiger partial charge in [0.25, 0.3) is 0 Å². The number of nitrogens with one attached hydrogen (secondary N) is 1. The molecule has 166 valence electrons. The van der Waals surface area contributed by atoms with Crippen molar-refractivity contribution in [3.8, 4) is 0 Å². The SMILES string of the molecule is CCN1CCC(N2CCC(Cc3ccc(CCC(=O)NCC4CC4)cc3)CC2)CC1. The molecule has 0 spiro atoms. The predicted octanol–water partition coefficient (Wildman–Crippen LogP) is 3.88. The monoisotopic (exact) mass is 411 g/mol. The van der Waals surface area contributed by atoms with Crippen LogP contribution in [-0.4, -0.2) is 61.0 Å². The van der Waals surface area contributed by atoms with Crippen LogP contribution in [0.25, 0.3) is 0 Å². The highest BCUT2D eigenvalue weighted by Gasteiger charge is 2.27. The first-order valence-electron chi connectivity index (χ1n) is 12.5. The van der Waals surface area contributed by atoms with Crippen LogP contribution in [0, 0.1) is 11.8 Å². The van der Waals surface area contributed by atoms with Crippen LogP contribution in [0.3, 0.4) is 0 Å². The Bertz CT molecular complexity index is 653. The Morgan fingerprint density at radius 1 is 0.900 bits per heavy atom. The second kappa shape index (κ2) is 10.8. The number of hydrogen-bond donors (Lipinski definition) is 1. The minimum Gasteiger partial charge on any atom is -0.356 e. The maximum atomic E-state index is 11.9. The van der Waals surface area contributed by atoms with Gasteiger partial charge in [-0.15, -0.1) is 0 Å². The Labute approximate surface area is 183 Å². The summed E-state index contributed by atoms with van der Waals surface area (Å²) in [5.74, 6) is 1.79. The molecule has 2 saturated heterocycles. The first-order valence-corrected chi connectivity index (χ1v) is 12.5. The largest absolute Gasteiger partial charge is 0.356 e. The summed E-state index contributed by atoms with van der Waals surface area (Å²) in [7, 11) is 0. The van der Waals surface area contributed by atoms with Crippen LogP contribution in [0.2, 0.25) is 0 Å². The first-order chi connectivity index (χ1) is 14.7. The van der Waals surface area contributed by atoms with Gasteiger partial charge in [0.05, 0.1) is 0 Å². The van der Waals surface area contributed by atoms with Crippen LogP contribution in [-0.2, 0) is 17.6 Å². The number of aryl methyl sites for hydroxylation is 1. The van der Waals surface area contributed by atoms with Crippen molar-refractivity contribution in [1.82, 2.24) is 15.1 Å². The molecule has 3 fully saturated rings. The number of piperidine rings is 2. The summed E-state index contributed by atoms with van der Waals surface area (Å²) in [5.41, 5.74) is 2.75.